The third kappa shape index (κ3) is 0.618. The van der Waals surface area contributed by atoms with E-state index in [9.17, 15) is 9.59 Å². The summed E-state index contributed by atoms with van der Waals surface area (Å²) >= 11 is 0. The van der Waals surface area contributed by atoms with E-state index in [1.807, 2.05) is 0 Å². The molecule has 2 atom stereocenters. The zero-order valence-electron chi connectivity index (χ0n) is 6.92. The number of Topliss-reactive ketones (excluding diaryl/α,β-unsaturated/α-hetero) is 1. The van der Waals surface area contributed by atoms with Gasteiger partial charge in [0.25, 0.3) is 0 Å². The molecule has 1 heterocycles. The van der Waals surface area contributed by atoms with Crippen molar-refractivity contribution in [2.24, 2.45) is 5.41 Å². The Labute approximate surface area is 70.4 Å². The van der Waals surface area contributed by atoms with Crippen LogP contribution in [0.5, 0.6) is 0 Å². The Kier molecular flexibility index (Phi) is 1.24. The first-order valence-electron chi connectivity index (χ1n) is 4.00. The number of esters is 1. The molecule has 0 aromatic carbocycles. The molecule has 2 rings (SSSR count). The average molecular weight is 166 g/mol. The van der Waals surface area contributed by atoms with Crippen LogP contribution in [0.4, 0.5) is 0 Å². The zero-order chi connectivity index (χ0) is 8.93. The number of fused-ring (bicyclic) bond motifs is 1. The third-order valence-corrected chi connectivity index (χ3v) is 2.98. The molecule has 3 heteroatoms. The number of ether oxygens (including phenoxy) is 1. The Morgan fingerprint density at radius 3 is 2.83 bits per heavy atom. The summed E-state index contributed by atoms with van der Waals surface area (Å²) in [4.78, 5) is 22.5. The number of carbonyl (C=O) groups excluding carboxylic acids is 2. The minimum Gasteiger partial charge on any atom is -0.458 e. The number of rotatable bonds is 0. The summed E-state index contributed by atoms with van der Waals surface area (Å²) in [6.45, 7) is 5.35. The molecule has 1 aliphatic carbocycles. The molecule has 1 saturated carbocycles. The predicted octanol–water partition coefficient (Wildman–Crippen LogP) is 0.837. The third-order valence-electron chi connectivity index (χ3n) is 2.98. The molecule has 64 valence electrons. The van der Waals surface area contributed by atoms with Gasteiger partial charge in [0.15, 0.2) is 0 Å². The molecule has 0 amide bonds. The summed E-state index contributed by atoms with van der Waals surface area (Å²) < 4.78 is 5.01. The van der Waals surface area contributed by atoms with Gasteiger partial charge >= 0.3 is 5.97 Å². The van der Waals surface area contributed by atoms with Crippen molar-refractivity contribution in [1.82, 2.24) is 0 Å². The first-order chi connectivity index (χ1) is 5.56. The van der Waals surface area contributed by atoms with E-state index in [-0.39, 0.29) is 11.9 Å². The first-order valence-corrected chi connectivity index (χ1v) is 4.00. The highest BCUT2D eigenvalue weighted by Crippen LogP contribution is 2.47. The quantitative estimate of drug-likeness (QED) is 0.395. The molecule has 1 aliphatic heterocycles. The van der Waals surface area contributed by atoms with Gasteiger partial charge in [0.05, 0.1) is 5.41 Å². The number of hydrogen-bond acceptors (Lipinski definition) is 3. The van der Waals surface area contributed by atoms with Gasteiger partial charge in [-0.25, -0.2) is 4.79 Å². The Morgan fingerprint density at radius 1 is 1.58 bits per heavy atom. The molecule has 12 heavy (non-hydrogen) atoms. The molecule has 0 aromatic rings. The molecule has 2 unspecified atom stereocenters. The molecular weight excluding hydrogens is 156 g/mol. The van der Waals surface area contributed by atoms with Crippen LogP contribution in [0.15, 0.2) is 12.2 Å². The largest absolute Gasteiger partial charge is 0.458 e. The highest BCUT2D eigenvalue weighted by atomic mass is 16.6. The Balaban J connectivity index is 2.48. The molecule has 2 fully saturated rings. The highest BCUT2D eigenvalue weighted by molar-refractivity contribution is 6.04. The monoisotopic (exact) mass is 166 g/mol. The van der Waals surface area contributed by atoms with E-state index in [1.54, 1.807) is 6.92 Å². The molecule has 0 spiro atoms. The first kappa shape index (κ1) is 7.53. The normalized spacial score (nSPS) is 40.1. The van der Waals surface area contributed by atoms with Gasteiger partial charge in [-0.3, -0.25) is 4.79 Å². The molecule has 0 bridgehead atoms. The van der Waals surface area contributed by atoms with Gasteiger partial charge in [0.2, 0.25) is 0 Å². The van der Waals surface area contributed by atoms with Crippen LogP contribution < -0.4 is 0 Å². The molecule has 1 saturated heterocycles. The lowest BCUT2D eigenvalue weighted by Crippen LogP contribution is -2.29. The van der Waals surface area contributed by atoms with Crippen LogP contribution in [-0.4, -0.2) is 17.9 Å². The van der Waals surface area contributed by atoms with Gasteiger partial charge in [0.1, 0.15) is 11.9 Å². The van der Waals surface area contributed by atoms with Crippen molar-refractivity contribution >= 4 is 11.8 Å². The van der Waals surface area contributed by atoms with E-state index in [2.05, 4.69) is 6.58 Å². The Hall–Kier alpha value is -1.12. The van der Waals surface area contributed by atoms with Crippen LogP contribution in [0.1, 0.15) is 19.8 Å². The zero-order valence-corrected chi connectivity index (χ0v) is 6.92. The van der Waals surface area contributed by atoms with Gasteiger partial charge in [-0.1, -0.05) is 6.58 Å². The lowest BCUT2D eigenvalue weighted by molar-refractivity contribution is -0.139. The molecule has 0 radical (unpaired) electrons. The number of hydrogen-bond donors (Lipinski definition) is 0. The maximum atomic E-state index is 11.4. The number of carbonyl (C=O) groups is 2. The smallest absolute Gasteiger partial charge is 0.334 e. The predicted molar refractivity (Wildman–Crippen MR) is 41.4 cm³/mol. The van der Waals surface area contributed by atoms with Gasteiger partial charge < -0.3 is 4.74 Å². The van der Waals surface area contributed by atoms with Crippen molar-refractivity contribution in [3.63, 3.8) is 0 Å². The van der Waals surface area contributed by atoms with Crippen LogP contribution in [0.3, 0.4) is 0 Å². The topological polar surface area (TPSA) is 43.4 Å². The van der Waals surface area contributed by atoms with Crippen LogP contribution in [0, 0.1) is 5.41 Å². The lowest BCUT2D eigenvalue weighted by atomic mass is 9.81. The van der Waals surface area contributed by atoms with Crippen molar-refractivity contribution in [2.45, 2.75) is 25.9 Å². The minimum atomic E-state index is -0.711. The van der Waals surface area contributed by atoms with Gasteiger partial charge in [-0.05, 0) is 13.3 Å². The fraction of sp³-hybridized carbons (Fsp3) is 0.556. The van der Waals surface area contributed by atoms with Crippen molar-refractivity contribution in [1.29, 1.82) is 0 Å². The van der Waals surface area contributed by atoms with Gasteiger partial charge in [0, 0.05) is 12.0 Å². The standard InChI is InChI=1S/C9H10O3/c1-5-8(11)12-7-4-3-6(10)9(5,7)2/h7H,1,3-4H2,2H3. The van der Waals surface area contributed by atoms with E-state index in [0.717, 1.165) is 0 Å². The van der Waals surface area contributed by atoms with E-state index in [0.29, 0.717) is 18.4 Å². The second-order valence-corrected chi connectivity index (χ2v) is 3.54. The molecule has 3 nitrogen and oxygen atoms in total. The summed E-state index contributed by atoms with van der Waals surface area (Å²) in [6, 6.07) is 0. The lowest BCUT2D eigenvalue weighted by Gasteiger charge is -2.18. The van der Waals surface area contributed by atoms with E-state index in [4.69, 9.17) is 4.74 Å². The second kappa shape index (κ2) is 1.97. The summed E-state index contributed by atoms with van der Waals surface area (Å²) in [5.41, 5.74) is -0.383. The fourth-order valence-electron chi connectivity index (χ4n) is 1.94. The second-order valence-electron chi connectivity index (χ2n) is 3.54. The van der Waals surface area contributed by atoms with Crippen LogP contribution in [0.2, 0.25) is 0 Å². The molecular formula is C9H10O3. The molecule has 2 aliphatic rings. The Bertz CT molecular complexity index is 292. The van der Waals surface area contributed by atoms with Crippen molar-refractivity contribution in [3.8, 4) is 0 Å². The molecule has 0 N–H and O–H groups in total. The maximum absolute atomic E-state index is 11.4. The highest BCUT2D eigenvalue weighted by Gasteiger charge is 2.57. The van der Waals surface area contributed by atoms with Crippen molar-refractivity contribution in [2.75, 3.05) is 0 Å². The summed E-state index contributed by atoms with van der Waals surface area (Å²) in [7, 11) is 0. The minimum absolute atomic E-state index is 0.0864. The van der Waals surface area contributed by atoms with Gasteiger partial charge in [-0.15, -0.1) is 0 Å². The summed E-state index contributed by atoms with van der Waals surface area (Å²) in [6.07, 6.45) is 0.915. The van der Waals surface area contributed by atoms with E-state index >= 15 is 0 Å². The maximum Gasteiger partial charge on any atom is 0.334 e. The van der Waals surface area contributed by atoms with Crippen LogP contribution >= 0.6 is 0 Å². The van der Waals surface area contributed by atoms with Gasteiger partial charge in [-0.2, -0.15) is 0 Å². The number of ketones is 1. The van der Waals surface area contributed by atoms with Crippen LogP contribution in [-0.2, 0) is 14.3 Å². The Morgan fingerprint density at radius 2 is 2.25 bits per heavy atom. The average Bonchev–Trinajstić information content (AvgIpc) is 2.41. The summed E-state index contributed by atoms with van der Waals surface area (Å²) in [5.74, 6) is -0.320. The summed E-state index contributed by atoms with van der Waals surface area (Å²) in [5, 5.41) is 0. The fourth-order valence-corrected chi connectivity index (χ4v) is 1.94. The van der Waals surface area contributed by atoms with Crippen molar-refractivity contribution < 1.29 is 14.3 Å². The van der Waals surface area contributed by atoms with Crippen molar-refractivity contribution in [3.05, 3.63) is 12.2 Å². The molecule has 0 aromatic heterocycles. The van der Waals surface area contributed by atoms with E-state index in [1.165, 1.54) is 0 Å². The van der Waals surface area contributed by atoms with Crippen LogP contribution in [0.25, 0.3) is 0 Å². The van der Waals surface area contributed by atoms with E-state index < -0.39 is 11.4 Å². The SMILES string of the molecule is C=C1C(=O)OC2CCC(=O)C12C.